The van der Waals surface area contributed by atoms with Gasteiger partial charge >= 0.3 is 5.97 Å². The summed E-state index contributed by atoms with van der Waals surface area (Å²) in [6.45, 7) is 3.31. The number of halogens is 1. The average Bonchev–Trinajstić information content (AvgIpc) is 3.82. The summed E-state index contributed by atoms with van der Waals surface area (Å²) in [4.78, 5) is 28.0. The zero-order valence-corrected chi connectivity index (χ0v) is 27.2. The topological polar surface area (TPSA) is 102 Å². The number of anilines is 1. The monoisotopic (exact) mass is 652 g/mol. The second-order valence-electron chi connectivity index (χ2n) is 13.8. The molecule has 0 saturated heterocycles. The fourth-order valence-electron chi connectivity index (χ4n) is 8.13. The lowest BCUT2D eigenvalue weighted by Gasteiger charge is -2.46. The molecule has 5 atom stereocenters. The third-order valence-electron chi connectivity index (χ3n) is 10.7. The maximum atomic E-state index is 13.4. The predicted molar refractivity (Wildman–Crippen MR) is 173 cm³/mol. The summed E-state index contributed by atoms with van der Waals surface area (Å²) in [5.74, 6) is 0.240. The summed E-state index contributed by atoms with van der Waals surface area (Å²) >= 11 is 6.41. The number of carbonyl (C=O) groups is 2. The molecule has 1 amide bonds. The van der Waals surface area contributed by atoms with E-state index in [4.69, 9.17) is 21.1 Å². The Morgan fingerprint density at radius 3 is 2.67 bits per heavy atom. The molecule has 10 heteroatoms. The molecule has 5 aliphatic rings. The van der Waals surface area contributed by atoms with Crippen LogP contribution in [-0.4, -0.2) is 51.8 Å². The van der Waals surface area contributed by atoms with Crippen molar-refractivity contribution in [1.82, 2.24) is 4.72 Å². The quantitative estimate of drug-likeness (QED) is 0.322. The smallest absolute Gasteiger partial charge is 0.303 e. The van der Waals surface area contributed by atoms with E-state index in [2.05, 4.69) is 21.8 Å². The van der Waals surface area contributed by atoms with E-state index in [1.807, 2.05) is 18.2 Å². The standard InChI is InChI=1S/C35H41ClN2O6S/c1-22(39)44-32-6-2-4-27(23-7-8-23)19-45(41,42)37-34(40)25-10-14-33-31(17-25)38(18-26-9-12-29(26)32)20-35(21-43-33)15-3-5-24-16-28(36)11-13-30(24)35/h2,6,10-11,13-14,16-17,23,26-27,29,32H,3-5,7-9,12,15,18-21H2,1H3,(H,37,40)/b6-2-/t26-,27-,29+,32-,35-/m0/s1. The van der Waals surface area contributed by atoms with Crippen molar-refractivity contribution in [3.05, 3.63) is 70.3 Å². The zero-order valence-electron chi connectivity index (χ0n) is 25.7. The number of amides is 1. The molecule has 2 aromatic carbocycles. The van der Waals surface area contributed by atoms with Gasteiger partial charge in [0.05, 0.1) is 18.0 Å². The third-order valence-corrected chi connectivity index (χ3v) is 12.3. The molecule has 1 N–H and O–H groups in total. The summed E-state index contributed by atoms with van der Waals surface area (Å²) in [6.07, 6.45) is 11.0. The van der Waals surface area contributed by atoms with E-state index in [0.29, 0.717) is 37.8 Å². The van der Waals surface area contributed by atoms with Crippen molar-refractivity contribution < 1.29 is 27.5 Å². The van der Waals surface area contributed by atoms with Crippen molar-refractivity contribution in [3.8, 4) is 5.75 Å². The molecule has 0 aromatic heterocycles. The van der Waals surface area contributed by atoms with Crippen LogP contribution in [0.1, 0.15) is 73.4 Å². The van der Waals surface area contributed by atoms with Gasteiger partial charge < -0.3 is 14.4 Å². The Bertz CT molecular complexity index is 1640. The van der Waals surface area contributed by atoms with E-state index in [1.54, 1.807) is 18.2 Å². The van der Waals surface area contributed by atoms with Gasteiger partial charge in [0, 0.05) is 41.9 Å². The van der Waals surface area contributed by atoms with Gasteiger partial charge in [0.15, 0.2) is 0 Å². The average molecular weight is 653 g/mol. The molecule has 0 radical (unpaired) electrons. The molecular formula is C35H41ClN2O6S. The molecule has 2 heterocycles. The molecular weight excluding hydrogens is 612 g/mol. The van der Waals surface area contributed by atoms with E-state index in [0.717, 1.165) is 55.7 Å². The van der Waals surface area contributed by atoms with Gasteiger partial charge in [0.1, 0.15) is 11.9 Å². The van der Waals surface area contributed by atoms with E-state index < -0.39 is 15.9 Å². The molecule has 3 aliphatic carbocycles. The number of aryl methyl sites for hydroxylation is 1. The van der Waals surface area contributed by atoms with Crippen LogP contribution in [0.15, 0.2) is 48.6 Å². The number of rotatable bonds is 2. The Morgan fingerprint density at radius 2 is 1.91 bits per heavy atom. The Balaban J connectivity index is 1.29. The first-order valence-corrected chi connectivity index (χ1v) is 18.3. The molecule has 2 saturated carbocycles. The molecule has 7 rings (SSSR count). The number of sulfonamides is 1. The van der Waals surface area contributed by atoms with Gasteiger partial charge in [-0.1, -0.05) is 23.7 Å². The van der Waals surface area contributed by atoms with Crippen molar-refractivity contribution in [2.24, 2.45) is 23.7 Å². The number of nitrogens with zero attached hydrogens (tertiary/aromatic N) is 1. The summed E-state index contributed by atoms with van der Waals surface area (Å²) in [5, 5.41) is 0.726. The molecule has 0 unspecified atom stereocenters. The van der Waals surface area contributed by atoms with Crippen molar-refractivity contribution in [3.63, 3.8) is 0 Å². The van der Waals surface area contributed by atoms with Crippen LogP contribution in [0.2, 0.25) is 5.02 Å². The highest BCUT2D eigenvalue weighted by molar-refractivity contribution is 7.90. The summed E-state index contributed by atoms with van der Waals surface area (Å²) < 4.78 is 41.3. The Kier molecular flexibility index (Phi) is 8.13. The number of fused-ring (bicyclic) bond motifs is 4. The third kappa shape index (κ3) is 6.35. The molecule has 1 spiro atoms. The lowest BCUT2D eigenvalue weighted by atomic mass is 9.68. The van der Waals surface area contributed by atoms with Crippen LogP contribution in [0.5, 0.6) is 5.75 Å². The maximum absolute atomic E-state index is 13.4. The van der Waals surface area contributed by atoms with Crippen molar-refractivity contribution in [2.75, 3.05) is 30.3 Å². The number of ether oxygens (including phenoxy) is 2. The second kappa shape index (κ2) is 12.0. The minimum absolute atomic E-state index is 0.102. The van der Waals surface area contributed by atoms with Crippen molar-refractivity contribution >= 4 is 39.2 Å². The van der Waals surface area contributed by atoms with Gasteiger partial charge in [-0.25, -0.2) is 13.1 Å². The Hall–Kier alpha value is -3.04. The molecule has 45 heavy (non-hydrogen) atoms. The highest BCUT2D eigenvalue weighted by atomic mass is 35.5. The minimum atomic E-state index is -3.88. The van der Waals surface area contributed by atoms with E-state index >= 15 is 0 Å². The normalized spacial score (nSPS) is 31.7. The molecule has 2 bridgehead atoms. The van der Waals surface area contributed by atoms with E-state index in [-0.39, 0.29) is 46.6 Å². The molecule has 240 valence electrons. The highest BCUT2D eigenvalue weighted by Crippen LogP contribution is 2.47. The van der Waals surface area contributed by atoms with Crippen molar-refractivity contribution in [1.29, 1.82) is 0 Å². The van der Waals surface area contributed by atoms with Crippen LogP contribution < -0.4 is 14.4 Å². The lowest BCUT2D eigenvalue weighted by Crippen LogP contribution is -2.49. The van der Waals surface area contributed by atoms with Gasteiger partial charge in [-0.2, -0.15) is 0 Å². The first kappa shape index (κ1) is 30.6. The summed E-state index contributed by atoms with van der Waals surface area (Å²) in [7, 11) is -3.88. The Morgan fingerprint density at radius 1 is 1.09 bits per heavy atom. The number of benzene rings is 2. The summed E-state index contributed by atoms with van der Waals surface area (Å²) in [6, 6.07) is 11.4. The largest absolute Gasteiger partial charge is 0.490 e. The van der Waals surface area contributed by atoms with Crippen LogP contribution in [0, 0.1) is 23.7 Å². The number of carbonyl (C=O) groups excluding carboxylic acids is 2. The van der Waals surface area contributed by atoms with Crippen molar-refractivity contribution in [2.45, 2.75) is 69.8 Å². The zero-order chi connectivity index (χ0) is 31.3. The summed E-state index contributed by atoms with van der Waals surface area (Å²) in [5.41, 5.74) is 3.28. The highest BCUT2D eigenvalue weighted by Gasteiger charge is 2.45. The number of allylic oxidation sites excluding steroid dienone is 1. The lowest BCUT2D eigenvalue weighted by molar-refractivity contribution is -0.149. The van der Waals surface area contributed by atoms with Crippen LogP contribution >= 0.6 is 11.6 Å². The molecule has 8 nitrogen and oxygen atoms in total. The SMILES string of the molecule is CC(=O)O[C@H]1/C=C\C[C@H](C2CC2)CS(=O)(=O)NC(=O)c2ccc3c(c2)N(C[C@@H]2CC[C@H]21)C[C@@]1(CCCc2cc(Cl)ccc21)CO3. The van der Waals surface area contributed by atoms with Crippen LogP contribution in [0.25, 0.3) is 0 Å². The molecule has 2 aliphatic heterocycles. The van der Waals surface area contributed by atoms with Gasteiger partial charge in [0.2, 0.25) is 10.0 Å². The fraction of sp³-hybridized carbons (Fsp3) is 0.543. The van der Waals surface area contributed by atoms with Gasteiger partial charge in [-0.15, -0.1) is 0 Å². The maximum Gasteiger partial charge on any atom is 0.303 e. The van der Waals surface area contributed by atoms with E-state index in [9.17, 15) is 18.0 Å². The second-order valence-corrected chi connectivity index (χ2v) is 16.0. The van der Waals surface area contributed by atoms with Gasteiger partial charge in [0.25, 0.3) is 5.91 Å². The molecule has 2 aromatic rings. The van der Waals surface area contributed by atoms with Crippen LogP contribution in [-0.2, 0) is 31.4 Å². The number of hydrogen-bond donors (Lipinski definition) is 1. The van der Waals surface area contributed by atoms with Gasteiger partial charge in [-0.05, 0) is 117 Å². The van der Waals surface area contributed by atoms with E-state index in [1.165, 1.54) is 18.1 Å². The van der Waals surface area contributed by atoms with Crippen LogP contribution in [0.4, 0.5) is 5.69 Å². The number of nitrogens with one attached hydrogen (secondary N) is 1. The first-order valence-electron chi connectivity index (χ1n) is 16.3. The fourth-order valence-corrected chi connectivity index (χ4v) is 9.78. The first-order chi connectivity index (χ1) is 21.6. The number of esters is 1. The number of hydrogen-bond acceptors (Lipinski definition) is 7. The predicted octanol–water partition coefficient (Wildman–Crippen LogP) is 5.82. The van der Waals surface area contributed by atoms with Gasteiger partial charge in [-0.3, -0.25) is 9.59 Å². The Labute approximate surface area is 270 Å². The van der Waals surface area contributed by atoms with Crippen LogP contribution in [0.3, 0.4) is 0 Å². The minimum Gasteiger partial charge on any atom is -0.490 e. The molecule has 2 fully saturated rings.